The minimum atomic E-state index is -0.560. The molecular formula is C25H24N6O4S2. The first-order valence-corrected chi connectivity index (χ1v) is 13.6. The molecule has 12 heteroatoms. The summed E-state index contributed by atoms with van der Waals surface area (Å²) in [5, 5.41) is 7.90. The van der Waals surface area contributed by atoms with Crippen LogP contribution >= 0.6 is 22.7 Å². The summed E-state index contributed by atoms with van der Waals surface area (Å²) in [4.78, 5) is 56.7. The Morgan fingerprint density at radius 3 is 2.43 bits per heavy atom. The van der Waals surface area contributed by atoms with E-state index in [1.165, 1.54) is 22.7 Å². The summed E-state index contributed by atoms with van der Waals surface area (Å²) >= 11 is 2.98. The maximum absolute atomic E-state index is 13.1. The van der Waals surface area contributed by atoms with E-state index in [0.29, 0.717) is 49.0 Å². The van der Waals surface area contributed by atoms with Gasteiger partial charge in [0, 0.05) is 48.7 Å². The van der Waals surface area contributed by atoms with Crippen molar-refractivity contribution in [2.24, 2.45) is 0 Å². The lowest BCUT2D eigenvalue weighted by Gasteiger charge is -2.35. The van der Waals surface area contributed by atoms with Gasteiger partial charge in [-0.1, -0.05) is 0 Å². The number of nitrogens with one attached hydrogen (secondary N) is 2. The minimum Gasteiger partial charge on any atom is -0.444 e. The Balaban J connectivity index is 1.39. The van der Waals surface area contributed by atoms with E-state index in [1.54, 1.807) is 11.1 Å². The van der Waals surface area contributed by atoms with Gasteiger partial charge in [0.25, 0.3) is 11.8 Å². The molecule has 190 valence electrons. The Labute approximate surface area is 219 Å². The van der Waals surface area contributed by atoms with Crippen molar-refractivity contribution in [2.75, 3.05) is 31.1 Å². The number of thiophene rings is 2. The van der Waals surface area contributed by atoms with Crippen molar-refractivity contribution in [2.45, 2.75) is 26.4 Å². The number of ether oxygens (including phenoxy) is 1. The second kappa shape index (κ2) is 8.67. The molecule has 0 aromatic carbocycles. The van der Waals surface area contributed by atoms with E-state index in [-0.39, 0.29) is 11.7 Å². The number of fused-ring (bicyclic) bond motifs is 2. The second-order valence-electron chi connectivity index (χ2n) is 9.87. The molecule has 37 heavy (non-hydrogen) atoms. The molecule has 1 saturated heterocycles. The third-order valence-corrected chi connectivity index (χ3v) is 7.92. The zero-order valence-electron chi connectivity index (χ0n) is 20.5. The molecule has 2 aliphatic rings. The normalized spacial score (nSPS) is 16.8. The van der Waals surface area contributed by atoms with Crippen LogP contribution in [0.15, 0.2) is 29.1 Å². The zero-order chi connectivity index (χ0) is 25.9. The predicted molar refractivity (Wildman–Crippen MR) is 144 cm³/mol. The van der Waals surface area contributed by atoms with Crippen molar-refractivity contribution in [3.05, 3.63) is 40.3 Å². The molecule has 10 nitrogen and oxygen atoms in total. The molecule has 0 bridgehead atoms. The number of anilines is 1. The lowest BCUT2D eigenvalue weighted by atomic mass is 9.98. The highest BCUT2D eigenvalue weighted by atomic mass is 32.1. The lowest BCUT2D eigenvalue weighted by Crippen LogP contribution is -2.50. The van der Waals surface area contributed by atoms with E-state index in [0.717, 1.165) is 20.4 Å². The fourth-order valence-corrected chi connectivity index (χ4v) is 6.12. The average Bonchev–Trinajstić information content (AvgIpc) is 3.61. The molecule has 4 aromatic heterocycles. The van der Waals surface area contributed by atoms with Gasteiger partial charge in [0.05, 0.1) is 16.8 Å². The van der Waals surface area contributed by atoms with Crippen LogP contribution in [0.25, 0.3) is 31.6 Å². The number of H-pyrrole nitrogens is 1. The van der Waals surface area contributed by atoms with Gasteiger partial charge in [0.2, 0.25) is 5.95 Å². The summed E-state index contributed by atoms with van der Waals surface area (Å²) in [6.07, 6.45) is 1.42. The fraction of sp³-hybridized carbons (Fsp3) is 0.320. The molecule has 0 aliphatic carbocycles. The molecule has 2 aliphatic heterocycles. The molecule has 0 spiro atoms. The van der Waals surface area contributed by atoms with E-state index in [2.05, 4.69) is 10.3 Å². The Morgan fingerprint density at radius 2 is 1.68 bits per heavy atom. The van der Waals surface area contributed by atoms with Crippen LogP contribution in [0.3, 0.4) is 0 Å². The van der Waals surface area contributed by atoms with Gasteiger partial charge in [-0.2, -0.15) is 0 Å². The van der Waals surface area contributed by atoms with Gasteiger partial charge in [0.15, 0.2) is 0 Å². The number of amides is 3. The predicted octanol–water partition coefficient (Wildman–Crippen LogP) is 3.86. The molecular weight excluding hydrogens is 512 g/mol. The summed E-state index contributed by atoms with van der Waals surface area (Å²) in [7, 11) is 0. The molecule has 0 atom stereocenters. The van der Waals surface area contributed by atoms with Gasteiger partial charge in [-0.25, -0.2) is 14.8 Å². The first-order chi connectivity index (χ1) is 17.7. The van der Waals surface area contributed by atoms with Crippen LogP contribution in [0.2, 0.25) is 0 Å². The number of hydrogen-bond acceptors (Lipinski definition) is 9. The summed E-state index contributed by atoms with van der Waals surface area (Å²) in [5.41, 5.74) is 1.09. The number of aromatic nitrogens is 3. The molecule has 1 fully saturated rings. The van der Waals surface area contributed by atoms with Crippen LogP contribution in [0, 0.1) is 0 Å². The Morgan fingerprint density at radius 1 is 0.973 bits per heavy atom. The van der Waals surface area contributed by atoms with Gasteiger partial charge in [-0.05, 0) is 43.7 Å². The van der Waals surface area contributed by atoms with Gasteiger partial charge in [0.1, 0.15) is 15.3 Å². The number of carbonyl (C=O) groups excluding carboxylic acids is 3. The number of rotatable bonds is 3. The number of piperazine rings is 1. The van der Waals surface area contributed by atoms with E-state index in [4.69, 9.17) is 14.7 Å². The Bertz CT molecular complexity index is 1600. The molecule has 3 amide bonds. The van der Waals surface area contributed by atoms with Gasteiger partial charge < -0.3 is 19.5 Å². The highest BCUT2D eigenvalue weighted by Gasteiger charge is 2.36. The van der Waals surface area contributed by atoms with Crippen molar-refractivity contribution < 1.29 is 19.1 Å². The highest BCUT2D eigenvalue weighted by molar-refractivity contribution is 7.17. The molecule has 6 rings (SSSR count). The summed E-state index contributed by atoms with van der Waals surface area (Å²) < 4.78 is 5.50. The SMILES string of the molecule is CC(C)(C)OC(=O)N1CCN(c2nc(C3=C(c4c[nH]c5sccc45)C(=O)NC3=O)c3ccsc3n2)CC1. The average molecular weight is 537 g/mol. The van der Waals surface area contributed by atoms with Crippen molar-refractivity contribution in [3.63, 3.8) is 0 Å². The van der Waals surface area contributed by atoms with E-state index >= 15 is 0 Å². The fourth-order valence-electron chi connectivity index (χ4n) is 4.59. The van der Waals surface area contributed by atoms with Gasteiger partial charge in [-0.3, -0.25) is 14.9 Å². The monoisotopic (exact) mass is 536 g/mol. The molecule has 0 saturated carbocycles. The number of carbonyl (C=O) groups is 3. The van der Waals surface area contributed by atoms with Crippen LogP contribution in [-0.2, 0) is 14.3 Å². The third-order valence-electron chi connectivity index (χ3n) is 6.27. The lowest BCUT2D eigenvalue weighted by molar-refractivity contribution is -0.122. The zero-order valence-corrected chi connectivity index (χ0v) is 22.1. The first-order valence-electron chi connectivity index (χ1n) is 11.8. The maximum atomic E-state index is 13.1. The van der Waals surface area contributed by atoms with Crippen LogP contribution < -0.4 is 10.2 Å². The van der Waals surface area contributed by atoms with Crippen LogP contribution in [-0.4, -0.2) is 69.5 Å². The summed E-state index contributed by atoms with van der Waals surface area (Å²) in [5.74, 6) is -0.458. The topological polar surface area (TPSA) is 121 Å². The van der Waals surface area contributed by atoms with Crippen LogP contribution in [0.4, 0.5) is 10.7 Å². The number of hydrogen-bond donors (Lipinski definition) is 2. The van der Waals surface area contributed by atoms with E-state index in [1.807, 2.05) is 48.6 Å². The number of nitrogens with zero attached hydrogens (tertiary/aromatic N) is 4. The molecule has 0 radical (unpaired) electrons. The van der Waals surface area contributed by atoms with Crippen molar-refractivity contribution in [3.8, 4) is 0 Å². The van der Waals surface area contributed by atoms with E-state index < -0.39 is 17.4 Å². The first kappa shape index (κ1) is 23.6. The van der Waals surface area contributed by atoms with E-state index in [9.17, 15) is 14.4 Å². The summed E-state index contributed by atoms with van der Waals surface area (Å²) in [6, 6.07) is 3.81. The van der Waals surface area contributed by atoms with Crippen LogP contribution in [0.5, 0.6) is 0 Å². The number of imide groups is 1. The quantitative estimate of drug-likeness (QED) is 0.382. The van der Waals surface area contributed by atoms with Gasteiger partial charge >= 0.3 is 6.09 Å². The van der Waals surface area contributed by atoms with Gasteiger partial charge in [-0.15, -0.1) is 22.7 Å². The third kappa shape index (κ3) is 4.15. The smallest absolute Gasteiger partial charge is 0.410 e. The molecule has 4 aromatic rings. The second-order valence-corrected chi connectivity index (χ2v) is 11.7. The highest BCUT2D eigenvalue weighted by Crippen LogP contribution is 2.39. The molecule has 2 N–H and O–H groups in total. The number of aromatic amines is 1. The van der Waals surface area contributed by atoms with Crippen LogP contribution in [0.1, 0.15) is 32.0 Å². The minimum absolute atomic E-state index is 0.247. The standard InChI is InChI=1S/C25H24N6O4S2/c1-25(2,3)35-24(34)31-8-6-30(7-9-31)23-27-18(14-5-11-37-22(14)29-23)17-16(19(32)28-20(17)33)15-12-26-21-13(15)4-10-36-21/h4-5,10-12,26H,6-9H2,1-3H3,(H,28,32,33). The Hall–Kier alpha value is -3.77. The molecule has 0 unspecified atom stereocenters. The maximum Gasteiger partial charge on any atom is 0.410 e. The van der Waals surface area contributed by atoms with Crippen molar-refractivity contribution >= 4 is 78.1 Å². The van der Waals surface area contributed by atoms with Crippen molar-refractivity contribution in [1.29, 1.82) is 0 Å². The summed E-state index contributed by atoms with van der Waals surface area (Å²) in [6.45, 7) is 7.48. The Kier molecular flexibility index (Phi) is 5.53. The molecule has 6 heterocycles. The largest absolute Gasteiger partial charge is 0.444 e. The van der Waals surface area contributed by atoms with Crippen molar-refractivity contribution in [1.82, 2.24) is 25.2 Å².